The molecule has 0 bridgehead atoms. The first-order chi connectivity index (χ1) is 11.3. The summed E-state index contributed by atoms with van der Waals surface area (Å²) in [6, 6.07) is 8.29. The van der Waals surface area contributed by atoms with Crippen LogP contribution >= 0.6 is 23.1 Å². The van der Waals surface area contributed by atoms with Gasteiger partial charge in [-0.15, -0.1) is 16.4 Å². The number of carbonyl (C=O) groups is 1. The number of rotatable bonds is 4. The summed E-state index contributed by atoms with van der Waals surface area (Å²) in [5, 5.41) is 7.86. The predicted octanol–water partition coefficient (Wildman–Crippen LogP) is 2.45. The summed E-state index contributed by atoms with van der Waals surface area (Å²) in [6.45, 7) is 1.49. The van der Waals surface area contributed by atoms with Crippen LogP contribution in [0.4, 0.5) is 0 Å². The standard InChI is InChI=1S/C15H15N5OS2/c21-14(19-7-5-11(9-19)20-8-6-16-18-20)10-22-15-17-12-3-1-2-4-13(12)23-15/h1-4,6,8,11H,5,7,9-10H2. The van der Waals surface area contributed by atoms with Gasteiger partial charge in [0.05, 0.1) is 28.2 Å². The van der Waals surface area contributed by atoms with E-state index < -0.39 is 0 Å². The number of aromatic nitrogens is 4. The Morgan fingerprint density at radius 3 is 3.13 bits per heavy atom. The van der Waals surface area contributed by atoms with Crippen molar-refractivity contribution >= 4 is 39.2 Å². The Morgan fingerprint density at radius 1 is 1.39 bits per heavy atom. The van der Waals surface area contributed by atoms with E-state index in [9.17, 15) is 4.79 Å². The Morgan fingerprint density at radius 2 is 2.30 bits per heavy atom. The number of thiazole rings is 1. The average molecular weight is 345 g/mol. The Bertz CT molecular complexity index is 783. The van der Waals surface area contributed by atoms with Crippen molar-refractivity contribution in [2.24, 2.45) is 0 Å². The Balaban J connectivity index is 1.35. The van der Waals surface area contributed by atoms with E-state index in [1.165, 1.54) is 11.8 Å². The topological polar surface area (TPSA) is 63.9 Å². The molecule has 0 saturated carbocycles. The molecule has 1 fully saturated rings. The van der Waals surface area contributed by atoms with Gasteiger partial charge in [-0.3, -0.25) is 4.79 Å². The zero-order valence-electron chi connectivity index (χ0n) is 12.3. The number of para-hydroxylation sites is 1. The summed E-state index contributed by atoms with van der Waals surface area (Å²) < 4.78 is 3.95. The number of likely N-dealkylation sites (tertiary alicyclic amines) is 1. The quantitative estimate of drug-likeness (QED) is 0.680. The third-order valence-corrected chi connectivity index (χ3v) is 6.09. The molecule has 3 aromatic rings. The van der Waals surface area contributed by atoms with Crippen molar-refractivity contribution in [1.29, 1.82) is 0 Å². The van der Waals surface area contributed by atoms with E-state index in [4.69, 9.17) is 0 Å². The number of thioether (sulfide) groups is 1. The molecular weight excluding hydrogens is 330 g/mol. The second-order valence-electron chi connectivity index (χ2n) is 5.40. The third-order valence-electron chi connectivity index (χ3n) is 3.92. The maximum absolute atomic E-state index is 12.4. The van der Waals surface area contributed by atoms with Crippen LogP contribution in [0.25, 0.3) is 10.2 Å². The molecule has 1 aliphatic rings. The predicted molar refractivity (Wildman–Crippen MR) is 90.6 cm³/mol. The van der Waals surface area contributed by atoms with Crippen molar-refractivity contribution in [1.82, 2.24) is 24.9 Å². The number of benzene rings is 1. The summed E-state index contributed by atoms with van der Waals surface area (Å²) in [4.78, 5) is 18.9. The largest absolute Gasteiger partial charge is 0.340 e. The van der Waals surface area contributed by atoms with Gasteiger partial charge in [-0.2, -0.15) is 0 Å². The van der Waals surface area contributed by atoms with Crippen LogP contribution in [0.5, 0.6) is 0 Å². The molecule has 6 nitrogen and oxygen atoms in total. The Kier molecular flexibility index (Phi) is 4.00. The number of nitrogens with zero attached hydrogens (tertiary/aromatic N) is 5. The van der Waals surface area contributed by atoms with E-state index in [1.54, 1.807) is 17.5 Å². The Hall–Kier alpha value is -1.93. The van der Waals surface area contributed by atoms with E-state index in [2.05, 4.69) is 21.4 Å². The molecule has 4 rings (SSSR count). The van der Waals surface area contributed by atoms with Crippen molar-refractivity contribution in [3.8, 4) is 0 Å². The molecule has 1 atom stereocenters. The second-order valence-corrected chi connectivity index (χ2v) is 7.65. The summed E-state index contributed by atoms with van der Waals surface area (Å²) >= 11 is 3.16. The van der Waals surface area contributed by atoms with E-state index in [0.29, 0.717) is 12.3 Å². The second kappa shape index (κ2) is 6.29. The molecule has 3 heterocycles. The van der Waals surface area contributed by atoms with Crippen LogP contribution in [-0.4, -0.2) is 49.6 Å². The van der Waals surface area contributed by atoms with E-state index >= 15 is 0 Å². The molecule has 0 N–H and O–H groups in total. The maximum Gasteiger partial charge on any atom is 0.233 e. The van der Waals surface area contributed by atoms with Gasteiger partial charge in [0.2, 0.25) is 5.91 Å². The van der Waals surface area contributed by atoms with E-state index in [1.807, 2.05) is 34.0 Å². The highest BCUT2D eigenvalue weighted by molar-refractivity contribution is 8.01. The van der Waals surface area contributed by atoms with E-state index in [-0.39, 0.29) is 11.9 Å². The van der Waals surface area contributed by atoms with Gasteiger partial charge in [-0.25, -0.2) is 9.67 Å². The van der Waals surface area contributed by atoms with E-state index in [0.717, 1.165) is 27.5 Å². The van der Waals surface area contributed by atoms with Gasteiger partial charge in [0.25, 0.3) is 0 Å². The smallest absolute Gasteiger partial charge is 0.233 e. The fourth-order valence-electron chi connectivity index (χ4n) is 2.72. The summed E-state index contributed by atoms with van der Waals surface area (Å²) in [6.07, 6.45) is 4.46. The molecule has 8 heteroatoms. The lowest BCUT2D eigenvalue weighted by Gasteiger charge is -2.15. The number of amides is 1. The van der Waals surface area contributed by atoms with Crippen molar-refractivity contribution in [3.63, 3.8) is 0 Å². The van der Waals surface area contributed by atoms with Crippen LogP contribution in [0, 0.1) is 0 Å². The molecule has 0 spiro atoms. The van der Waals surface area contributed by atoms with Crippen LogP contribution in [0.15, 0.2) is 41.0 Å². The first-order valence-corrected chi connectivity index (χ1v) is 9.22. The van der Waals surface area contributed by atoms with Crippen LogP contribution in [0.2, 0.25) is 0 Å². The minimum atomic E-state index is 0.164. The van der Waals surface area contributed by atoms with Gasteiger partial charge in [-0.1, -0.05) is 29.1 Å². The van der Waals surface area contributed by atoms with Gasteiger partial charge in [0.1, 0.15) is 0 Å². The first kappa shape index (κ1) is 14.6. The lowest BCUT2D eigenvalue weighted by atomic mass is 10.3. The minimum Gasteiger partial charge on any atom is -0.340 e. The zero-order chi connectivity index (χ0) is 15.6. The SMILES string of the molecule is O=C(CSc1nc2ccccc2s1)N1CCC(n2ccnn2)C1. The first-order valence-electron chi connectivity index (χ1n) is 7.41. The van der Waals surface area contributed by atoms with Crippen LogP contribution in [0.3, 0.4) is 0 Å². The van der Waals surface area contributed by atoms with Gasteiger partial charge in [-0.05, 0) is 18.6 Å². The number of fused-ring (bicyclic) bond motifs is 1. The van der Waals surface area contributed by atoms with Crippen molar-refractivity contribution in [2.45, 2.75) is 16.8 Å². The maximum atomic E-state index is 12.4. The molecule has 2 aromatic heterocycles. The highest BCUT2D eigenvalue weighted by Crippen LogP contribution is 2.30. The molecule has 0 radical (unpaired) electrons. The lowest BCUT2D eigenvalue weighted by Crippen LogP contribution is -2.30. The normalized spacial score (nSPS) is 17.9. The molecular formula is C15H15N5OS2. The third kappa shape index (κ3) is 3.09. The average Bonchev–Trinajstić information content (AvgIpc) is 3.31. The van der Waals surface area contributed by atoms with Gasteiger partial charge >= 0.3 is 0 Å². The fourth-order valence-corrected chi connectivity index (χ4v) is 4.70. The summed E-state index contributed by atoms with van der Waals surface area (Å²) in [5.41, 5.74) is 1.000. The summed E-state index contributed by atoms with van der Waals surface area (Å²) in [7, 11) is 0. The molecule has 23 heavy (non-hydrogen) atoms. The van der Waals surface area contributed by atoms with Gasteiger partial charge < -0.3 is 4.90 Å². The molecule has 0 aliphatic carbocycles. The van der Waals surface area contributed by atoms with Crippen molar-refractivity contribution in [3.05, 3.63) is 36.7 Å². The van der Waals surface area contributed by atoms with Crippen LogP contribution in [0.1, 0.15) is 12.5 Å². The molecule has 1 aromatic carbocycles. The molecule has 1 unspecified atom stereocenters. The van der Waals surface area contributed by atoms with Gasteiger partial charge in [0.15, 0.2) is 4.34 Å². The highest BCUT2D eigenvalue weighted by Gasteiger charge is 2.27. The molecule has 1 amide bonds. The van der Waals surface area contributed by atoms with Crippen molar-refractivity contribution in [2.75, 3.05) is 18.8 Å². The monoisotopic (exact) mass is 345 g/mol. The minimum absolute atomic E-state index is 0.164. The number of carbonyl (C=O) groups excluding carboxylic acids is 1. The van der Waals surface area contributed by atoms with Crippen LogP contribution in [-0.2, 0) is 4.79 Å². The Labute approximate surface area is 141 Å². The molecule has 118 valence electrons. The van der Waals surface area contributed by atoms with Crippen molar-refractivity contribution < 1.29 is 4.79 Å². The summed E-state index contributed by atoms with van der Waals surface area (Å²) in [5.74, 6) is 0.598. The molecule has 1 saturated heterocycles. The molecule has 1 aliphatic heterocycles. The van der Waals surface area contributed by atoms with Gasteiger partial charge in [0, 0.05) is 19.3 Å². The highest BCUT2D eigenvalue weighted by atomic mass is 32.2. The van der Waals surface area contributed by atoms with Crippen LogP contribution < -0.4 is 0 Å². The number of hydrogen-bond acceptors (Lipinski definition) is 6. The number of hydrogen-bond donors (Lipinski definition) is 0. The fraction of sp³-hybridized carbons (Fsp3) is 0.333. The zero-order valence-corrected chi connectivity index (χ0v) is 14.0. The lowest BCUT2D eigenvalue weighted by molar-refractivity contribution is -0.127.